The second-order valence-electron chi connectivity index (χ2n) is 3.81. The Labute approximate surface area is 101 Å². The number of carbonyl (C=O) groups is 2. The molecule has 1 saturated heterocycles. The minimum atomic E-state index is -0.620. The Morgan fingerprint density at radius 3 is 2.82 bits per heavy atom. The van der Waals surface area contributed by atoms with Crippen molar-refractivity contribution in [2.75, 3.05) is 33.4 Å². The van der Waals surface area contributed by atoms with Crippen LogP contribution in [0.5, 0.6) is 0 Å². The molecule has 0 amide bonds. The molecule has 1 aliphatic heterocycles. The minimum Gasteiger partial charge on any atom is -0.467 e. The average Bonchev–Trinajstić information content (AvgIpc) is 2.37. The van der Waals surface area contributed by atoms with E-state index in [2.05, 4.69) is 4.74 Å². The molecule has 6 nitrogen and oxygen atoms in total. The maximum absolute atomic E-state index is 11.6. The summed E-state index contributed by atoms with van der Waals surface area (Å²) in [4.78, 5) is 24.8. The van der Waals surface area contributed by atoms with E-state index in [1.165, 1.54) is 7.11 Å². The molecule has 0 saturated carbocycles. The van der Waals surface area contributed by atoms with E-state index < -0.39 is 12.1 Å². The maximum atomic E-state index is 11.6. The number of morpholine rings is 1. The van der Waals surface area contributed by atoms with Crippen LogP contribution in [-0.2, 0) is 23.8 Å². The molecular weight excluding hydrogens is 226 g/mol. The van der Waals surface area contributed by atoms with Gasteiger partial charge in [0.1, 0.15) is 6.04 Å². The lowest BCUT2D eigenvalue weighted by molar-refractivity contribution is -0.165. The molecule has 0 aliphatic carbocycles. The van der Waals surface area contributed by atoms with Crippen molar-refractivity contribution in [2.24, 2.45) is 0 Å². The Kier molecular flexibility index (Phi) is 5.37. The molecule has 0 aromatic carbocycles. The summed E-state index contributed by atoms with van der Waals surface area (Å²) in [6, 6.07) is -0.369. The van der Waals surface area contributed by atoms with Gasteiger partial charge in [-0.1, -0.05) is 0 Å². The molecule has 0 aromatic rings. The first-order valence-electron chi connectivity index (χ1n) is 5.70. The summed E-state index contributed by atoms with van der Waals surface area (Å²) in [5, 5.41) is 0. The second kappa shape index (κ2) is 6.56. The second-order valence-corrected chi connectivity index (χ2v) is 3.81. The Balaban J connectivity index is 2.54. The number of nitrogens with zero attached hydrogens (tertiary/aromatic N) is 1. The highest BCUT2D eigenvalue weighted by atomic mass is 16.6. The van der Waals surface area contributed by atoms with Gasteiger partial charge in [0.25, 0.3) is 0 Å². The van der Waals surface area contributed by atoms with Crippen molar-refractivity contribution in [2.45, 2.75) is 26.0 Å². The lowest BCUT2D eigenvalue weighted by Crippen LogP contribution is -2.52. The van der Waals surface area contributed by atoms with Crippen LogP contribution in [0.4, 0.5) is 0 Å². The highest BCUT2D eigenvalue weighted by molar-refractivity contribution is 5.76. The fraction of sp³-hybridized carbons (Fsp3) is 0.818. The van der Waals surface area contributed by atoms with Gasteiger partial charge in [0.05, 0.1) is 20.3 Å². The quantitative estimate of drug-likeness (QED) is 0.640. The largest absolute Gasteiger partial charge is 0.467 e. The van der Waals surface area contributed by atoms with Crippen LogP contribution < -0.4 is 0 Å². The first-order valence-corrected chi connectivity index (χ1v) is 5.70. The van der Waals surface area contributed by atoms with Gasteiger partial charge in [-0.3, -0.25) is 9.69 Å². The third-order valence-electron chi connectivity index (χ3n) is 2.74. The number of carbonyl (C=O) groups excluding carboxylic acids is 2. The Morgan fingerprint density at radius 2 is 2.24 bits per heavy atom. The van der Waals surface area contributed by atoms with Crippen molar-refractivity contribution in [3.8, 4) is 0 Å². The van der Waals surface area contributed by atoms with E-state index in [4.69, 9.17) is 9.47 Å². The van der Waals surface area contributed by atoms with Gasteiger partial charge >= 0.3 is 11.9 Å². The summed E-state index contributed by atoms with van der Waals surface area (Å²) in [7, 11) is 1.32. The number of methoxy groups -OCH3 is 1. The lowest BCUT2D eigenvalue weighted by Gasteiger charge is -2.34. The Hall–Kier alpha value is -1.14. The van der Waals surface area contributed by atoms with E-state index in [0.717, 1.165) is 0 Å². The van der Waals surface area contributed by atoms with Crippen LogP contribution in [-0.4, -0.2) is 62.4 Å². The van der Waals surface area contributed by atoms with E-state index in [1.54, 1.807) is 13.8 Å². The van der Waals surface area contributed by atoms with Crippen LogP contribution in [0.2, 0.25) is 0 Å². The van der Waals surface area contributed by atoms with Crippen molar-refractivity contribution in [1.29, 1.82) is 0 Å². The molecule has 0 spiro atoms. The minimum absolute atomic E-state index is 0.280. The summed E-state index contributed by atoms with van der Waals surface area (Å²) >= 11 is 0. The van der Waals surface area contributed by atoms with Crippen molar-refractivity contribution >= 4 is 11.9 Å². The van der Waals surface area contributed by atoms with Gasteiger partial charge in [-0.2, -0.15) is 0 Å². The fourth-order valence-electron chi connectivity index (χ4n) is 1.71. The molecule has 98 valence electrons. The van der Waals surface area contributed by atoms with Crippen LogP contribution in [0, 0.1) is 0 Å². The molecule has 0 radical (unpaired) electrons. The molecule has 6 heteroatoms. The van der Waals surface area contributed by atoms with Crippen molar-refractivity contribution in [3.63, 3.8) is 0 Å². The summed E-state index contributed by atoms with van der Waals surface area (Å²) < 4.78 is 14.8. The summed E-state index contributed by atoms with van der Waals surface area (Å²) in [5.74, 6) is -0.691. The number of ether oxygens (including phenoxy) is 3. The van der Waals surface area contributed by atoms with Crippen molar-refractivity contribution in [1.82, 2.24) is 4.90 Å². The number of esters is 2. The predicted molar refractivity (Wildman–Crippen MR) is 59.4 cm³/mol. The van der Waals surface area contributed by atoms with Crippen LogP contribution >= 0.6 is 0 Å². The van der Waals surface area contributed by atoms with Crippen LogP contribution in [0.1, 0.15) is 13.8 Å². The van der Waals surface area contributed by atoms with Crippen LogP contribution in [0.15, 0.2) is 0 Å². The average molecular weight is 245 g/mol. The SMILES string of the molecule is CCOC(=O)C(C)N1CCOC(C(=O)OC)C1. The van der Waals surface area contributed by atoms with Gasteiger partial charge in [0.15, 0.2) is 6.10 Å². The lowest BCUT2D eigenvalue weighted by atomic mass is 10.2. The molecule has 1 fully saturated rings. The molecule has 17 heavy (non-hydrogen) atoms. The highest BCUT2D eigenvalue weighted by Gasteiger charge is 2.32. The zero-order chi connectivity index (χ0) is 12.8. The molecule has 2 unspecified atom stereocenters. The Morgan fingerprint density at radius 1 is 1.53 bits per heavy atom. The van der Waals surface area contributed by atoms with Gasteiger partial charge < -0.3 is 14.2 Å². The summed E-state index contributed by atoms with van der Waals surface area (Å²) in [6.45, 7) is 5.25. The third kappa shape index (κ3) is 3.67. The van der Waals surface area contributed by atoms with Gasteiger partial charge in [-0.05, 0) is 13.8 Å². The van der Waals surface area contributed by atoms with Crippen molar-refractivity contribution < 1.29 is 23.8 Å². The van der Waals surface area contributed by atoms with E-state index >= 15 is 0 Å². The van der Waals surface area contributed by atoms with E-state index in [0.29, 0.717) is 26.3 Å². The van der Waals surface area contributed by atoms with E-state index in [9.17, 15) is 9.59 Å². The van der Waals surface area contributed by atoms with Gasteiger partial charge in [-0.25, -0.2) is 4.79 Å². The number of rotatable bonds is 4. The molecule has 1 aliphatic rings. The zero-order valence-corrected chi connectivity index (χ0v) is 10.5. The first kappa shape index (κ1) is 13.9. The predicted octanol–water partition coefficient (Wildman–Crippen LogP) is -0.188. The van der Waals surface area contributed by atoms with Gasteiger partial charge in [-0.15, -0.1) is 0 Å². The zero-order valence-electron chi connectivity index (χ0n) is 10.5. The van der Waals surface area contributed by atoms with Gasteiger partial charge in [0.2, 0.25) is 0 Å². The van der Waals surface area contributed by atoms with E-state index in [1.807, 2.05) is 4.90 Å². The summed E-state index contributed by atoms with van der Waals surface area (Å²) in [5.41, 5.74) is 0. The topological polar surface area (TPSA) is 65.1 Å². The van der Waals surface area contributed by atoms with Gasteiger partial charge in [0, 0.05) is 13.1 Å². The Bertz CT molecular complexity index is 281. The van der Waals surface area contributed by atoms with Crippen LogP contribution in [0.25, 0.3) is 0 Å². The molecule has 0 aromatic heterocycles. The standard InChI is InChI=1S/C11H19NO5/c1-4-16-10(13)8(2)12-5-6-17-9(7-12)11(14)15-3/h8-9H,4-7H2,1-3H3. The fourth-order valence-corrected chi connectivity index (χ4v) is 1.71. The molecule has 1 heterocycles. The molecular formula is C11H19NO5. The van der Waals surface area contributed by atoms with Crippen molar-refractivity contribution in [3.05, 3.63) is 0 Å². The normalized spacial score (nSPS) is 22.9. The third-order valence-corrected chi connectivity index (χ3v) is 2.74. The van der Waals surface area contributed by atoms with Crippen LogP contribution in [0.3, 0.4) is 0 Å². The summed E-state index contributed by atoms with van der Waals surface area (Å²) in [6.07, 6.45) is -0.620. The molecule has 0 bridgehead atoms. The maximum Gasteiger partial charge on any atom is 0.336 e. The highest BCUT2D eigenvalue weighted by Crippen LogP contribution is 2.11. The van der Waals surface area contributed by atoms with E-state index in [-0.39, 0.29) is 12.0 Å². The monoisotopic (exact) mass is 245 g/mol. The number of hydrogen-bond donors (Lipinski definition) is 0. The molecule has 0 N–H and O–H groups in total. The smallest absolute Gasteiger partial charge is 0.336 e. The molecule has 2 atom stereocenters. The number of hydrogen-bond acceptors (Lipinski definition) is 6. The first-order chi connectivity index (χ1) is 8.10. The molecule has 1 rings (SSSR count).